The first-order chi connectivity index (χ1) is 9.24. The van der Waals surface area contributed by atoms with Crippen molar-refractivity contribution in [3.8, 4) is 0 Å². The van der Waals surface area contributed by atoms with E-state index in [9.17, 15) is 4.79 Å². The maximum absolute atomic E-state index is 12.1. The van der Waals surface area contributed by atoms with Crippen molar-refractivity contribution in [2.75, 3.05) is 18.9 Å². The third-order valence-corrected chi connectivity index (χ3v) is 3.75. The molecular weight excluding hydrogens is 250 g/mol. The molecule has 0 saturated heterocycles. The zero-order valence-corrected chi connectivity index (χ0v) is 13.2. The minimum absolute atomic E-state index is 0.00206. The summed E-state index contributed by atoms with van der Waals surface area (Å²) in [7, 11) is 1.98. The minimum atomic E-state index is -0.00206. The van der Waals surface area contributed by atoms with Gasteiger partial charge in [0.15, 0.2) is 0 Å². The number of anilines is 1. The van der Waals surface area contributed by atoms with Crippen molar-refractivity contribution < 1.29 is 4.79 Å². The van der Waals surface area contributed by atoms with E-state index < -0.39 is 0 Å². The van der Waals surface area contributed by atoms with Crippen LogP contribution in [0.25, 0.3) is 0 Å². The molecule has 0 aliphatic rings. The summed E-state index contributed by atoms with van der Waals surface area (Å²) in [5.41, 5.74) is 7.56. The highest BCUT2D eigenvalue weighted by Crippen LogP contribution is 2.22. The number of nitrogens with two attached hydrogens (primary N) is 1. The van der Waals surface area contributed by atoms with Crippen molar-refractivity contribution in [3.63, 3.8) is 0 Å². The van der Waals surface area contributed by atoms with E-state index in [4.69, 9.17) is 5.73 Å². The zero-order valence-electron chi connectivity index (χ0n) is 13.2. The zero-order chi connectivity index (χ0) is 15.3. The van der Waals surface area contributed by atoms with Crippen LogP contribution in [0.15, 0.2) is 24.3 Å². The molecule has 0 heterocycles. The highest BCUT2D eigenvalue weighted by Gasteiger charge is 2.24. The Balaban J connectivity index is 2.59. The van der Waals surface area contributed by atoms with Crippen LogP contribution in [0.1, 0.15) is 33.3 Å². The molecule has 112 valence electrons. The van der Waals surface area contributed by atoms with Gasteiger partial charge in [0.2, 0.25) is 5.91 Å². The number of carbonyl (C=O) groups is 1. The first-order valence-corrected chi connectivity index (χ1v) is 7.03. The molecule has 1 unspecified atom stereocenters. The maximum Gasteiger partial charge on any atom is 0.238 e. The summed E-state index contributed by atoms with van der Waals surface area (Å²) in [5.74, 6) is -0.00206. The Morgan fingerprint density at radius 3 is 2.60 bits per heavy atom. The fourth-order valence-corrected chi connectivity index (χ4v) is 2.00. The molecular formula is C16H27N3O. The van der Waals surface area contributed by atoms with Gasteiger partial charge in [0.05, 0.1) is 6.54 Å². The first-order valence-electron chi connectivity index (χ1n) is 7.03. The number of rotatable bonds is 5. The fourth-order valence-electron chi connectivity index (χ4n) is 2.00. The van der Waals surface area contributed by atoms with E-state index in [0.717, 1.165) is 11.3 Å². The van der Waals surface area contributed by atoms with E-state index in [2.05, 4.69) is 37.9 Å². The third-order valence-electron chi connectivity index (χ3n) is 3.75. The van der Waals surface area contributed by atoms with Gasteiger partial charge in [-0.1, -0.05) is 32.9 Å². The Bertz CT molecular complexity index is 451. The second-order valence-electron chi connectivity index (χ2n) is 6.41. The molecule has 0 bridgehead atoms. The van der Waals surface area contributed by atoms with Gasteiger partial charge in [-0.2, -0.15) is 0 Å². The molecule has 0 spiro atoms. The predicted molar refractivity (Wildman–Crippen MR) is 84.5 cm³/mol. The molecule has 4 nitrogen and oxygen atoms in total. The molecule has 3 N–H and O–H groups in total. The van der Waals surface area contributed by atoms with Crippen molar-refractivity contribution in [1.29, 1.82) is 0 Å². The quantitative estimate of drug-likeness (QED) is 0.869. The molecule has 0 radical (unpaired) electrons. The molecule has 0 saturated carbocycles. The van der Waals surface area contributed by atoms with E-state index >= 15 is 0 Å². The number of hydrogen-bond donors (Lipinski definition) is 2. The fraction of sp³-hybridized carbons (Fsp3) is 0.562. The number of hydrogen-bond acceptors (Lipinski definition) is 3. The largest absolute Gasteiger partial charge is 0.326 e. The summed E-state index contributed by atoms with van der Waals surface area (Å²) < 4.78 is 0. The predicted octanol–water partition coefficient (Wildman–Crippen LogP) is 2.45. The molecule has 0 fully saturated rings. The number of likely N-dealkylation sites (N-methyl/N-ethyl adjacent to an activating group) is 1. The Hall–Kier alpha value is -1.39. The summed E-state index contributed by atoms with van der Waals surface area (Å²) in [5, 5.41) is 2.92. The van der Waals surface area contributed by atoms with Gasteiger partial charge in [0.25, 0.3) is 0 Å². The monoisotopic (exact) mass is 277 g/mol. The van der Waals surface area contributed by atoms with Gasteiger partial charge in [-0.15, -0.1) is 0 Å². The van der Waals surface area contributed by atoms with Crippen molar-refractivity contribution in [2.24, 2.45) is 11.1 Å². The molecule has 1 aromatic rings. The van der Waals surface area contributed by atoms with Gasteiger partial charge < -0.3 is 11.1 Å². The summed E-state index contributed by atoms with van der Waals surface area (Å²) in [4.78, 5) is 14.1. The van der Waals surface area contributed by atoms with Crippen LogP contribution in [0.5, 0.6) is 0 Å². The highest BCUT2D eigenvalue weighted by molar-refractivity contribution is 5.92. The highest BCUT2D eigenvalue weighted by atomic mass is 16.2. The first kappa shape index (κ1) is 16.7. The second-order valence-corrected chi connectivity index (χ2v) is 6.41. The van der Waals surface area contributed by atoms with Gasteiger partial charge >= 0.3 is 0 Å². The number of nitrogens with one attached hydrogen (secondary N) is 1. The SMILES string of the molecule is CC(N(C)CC(=O)Nc1cccc(CN)c1)C(C)(C)C. The number of benzene rings is 1. The van der Waals surface area contributed by atoms with Crippen LogP contribution < -0.4 is 11.1 Å². The minimum Gasteiger partial charge on any atom is -0.326 e. The standard InChI is InChI=1S/C16H27N3O/c1-12(16(2,3)4)19(5)11-15(20)18-14-8-6-7-13(9-14)10-17/h6-9,12H,10-11,17H2,1-5H3,(H,18,20). The van der Waals surface area contributed by atoms with Gasteiger partial charge in [-0.3, -0.25) is 9.69 Å². The Morgan fingerprint density at radius 1 is 1.40 bits per heavy atom. The lowest BCUT2D eigenvalue weighted by Crippen LogP contribution is -2.43. The van der Waals surface area contributed by atoms with Gasteiger partial charge in [0, 0.05) is 18.3 Å². The average Bonchev–Trinajstić information content (AvgIpc) is 2.36. The lowest BCUT2D eigenvalue weighted by molar-refractivity contribution is -0.117. The van der Waals surface area contributed by atoms with Crippen LogP contribution in [-0.2, 0) is 11.3 Å². The molecule has 0 aliphatic heterocycles. The van der Waals surface area contributed by atoms with Crippen LogP contribution in [0.2, 0.25) is 0 Å². The second kappa shape index (κ2) is 6.86. The van der Waals surface area contributed by atoms with Crippen molar-refractivity contribution in [1.82, 2.24) is 4.90 Å². The van der Waals surface area contributed by atoms with E-state index in [1.54, 1.807) is 0 Å². The Labute approximate surface area is 122 Å². The molecule has 20 heavy (non-hydrogen) atoms. The van der Waals surface area contributed by atoms with E-state index in [0.29, 0.717) is 19.1 Å². The lowest BCUT2D eigenvalue weighted by Gasteiger charge is -2.34. The van der Waals surface area contributed by atoms with Crippen LogP contribution in [0.4, 0.5) is 5.69 Å². The molecule has 1 rings (SSSR count). The average molecular weight is 277 g/mol. The molecule has 4 heteroatoms. The molecule has 1 aromatic carbocycles. The van der Waals surface area contributed by atoms with Crippen molar-refractivity contribution in [3.05, 3.63) is 29.8 Å². The number of amides is 1. The maximum atomic E-state index is 12.1. The molecule has 1 amide bonds. The van der Waals surface area contributed by atoms with Crippen molar-refractivity contribution >= 4 is 11.6 Å². The Kier molecular flexibility index (Phi) is 5.72. The normalized spacial score (nSPS) is 13.3. The van der Waals surface area contributed by atoms with Crippen molar-refractivity contribution in [2.45, 2.75) is 40.3 Å². The van der Waals surface area contributed by atoms with Gasteiger partial charge in [0.1, 0.15) is 0 Å². The lowest BCUT2D eigenvalue weighted by atomic mass is 9.87. The van der Waals surface area contributed by atoms with E-state index in [1.807, 2.05) is 31.3 Å². The summed E-state index contributed by atoms with van der Waals surface area (Å²) >= 11 is 0. The van der Waals surface area contributed by atoms with E-state index in [1.165, 1.54) is 0 Å². The molecule has 0 aliphatic carbocycles. The molecule has 1 atom stereocenters. The van der Waals surface area contributed by atoms with Gasteiger partial charge in [-0.25, -0.2) is 0 Å². The smallest absolute Gasteiger partial charge is 0.238 e. The summed E-state index contributed by atoms with van der Waals surface area (Å²) in [6.07, 6.45) is 0. The number of carbonyl (C=O) groups excluding carboxylic acids is 1. The topological polar surface area (TPSA) is 58.4 Å². The number of nitrogens with zero attached hydrogens (tertiary/aromatic N) is 1. The third kappa shape index (κ3) is 4.94. The van der Waals surface area contributed by atoms with Crippen LogP contribution in [-0.4, -0.2) is 30.4 Å². The van der Waals surface area contributed by atoms with E-state index in [-0.39, 0.29) is 11.3 Å². The summed E-state index contributed by atoms with van der Waals surface area (Å²) in [6.45, 7) is 9.53. The van der Waals surface area contributed by atoms with Crippen LogP contribution >= 0.6 is 0 Å². The Morgan fingerprint density at radius 2 is 2.05 bits per heavy atom. The summed E-state index contributed by atoms with van der Waals surface area (Å²) in [6, 6.07) is 7.96. The molecule has 0 aromatic heterocycles. The van der Waals surface area contributed by atoms with Crippen LogP contribution in [0, 0.1) is 5.41 Å². The van der Waals surface area contributed by atoms with Gasteiger partial charge in [-0.05, 0) is 37.1 Å². The van der Waals surface area contributed by atoms with Crippen LogP contribution in [0.3, 0.4) is 0 Å².